The van der Waals surface area contributed by atoms with Gasteiger partial charge < -0.3 is 5.73 Å². The van der Waals surface area contributed by atoms with Crippen LogP contribution in [0, 0.1) is 11.3 Å². The van der Waals surface area contributed by atoms with Gasteiger partial charge in [0.1, 0.15) is 5.84 Å². The Hall–Kier alpha value is -0.570. The molecule has 0 heterocycles. The summed E-state index contributed by atoms with van der Waals surface area (Å²) in [5, 5.41) is 7.38. The number of amidine groups is 1. The summed E-state index contributed by atoms with van der Waals surface area (Å²) in [7, 11) is 2.06. The van der Waals surface area contributed by atoms with Gasteiger partial charge in [-0.05, 0) is 32.2 Å². The topological polar surface area (TPSA) is 53.1 Å². The van der Waals surface area contributed by atoms with E-state index >= 15 is 0 Å². The van der Waals surface area contributed by atoms with Crippen LogP contribution in [0.4, 0.5) is 0 Å². The lowest BCUT2D eigenvalue weighted by Crippen LogP contribution is -2.42. The smallest absolute Gasteiger partial charge is 0.108 e. The number of nitrogens with one attached hydrogen (secondary N) is 1. The molecule has 0 aromatic heterocycles. The van der Waals surface area contributed by atoms with Crippen molar-refractivity contribution >= 4 is 5.84 Å². The second-order valence-corrected chi connectivity index (χ2v) is 3.76. The van der Waals surface area contributed by atoms with Crippen LogP contribution in [0.1, 0.15) is 26.2 Å². The third-order valence-electron chi connectivity index (χ3n) is 2.52. The molecule has 0 spiro atoms. The number of rotatable bonds is 5. The average molecular weight is 169 g/mol. The van der Waals surface area contributed by atoms with E-state index in [0.29, 0.717) is 5.84 Å². The maximum atomic E-state index is 7.38. The number of nitrogens with two attached hydrogens (primary N) is 1. The van der Waals surface area contributed by atoms with Crippen LogP contribution in [0.3, 0.4) is 0 Å². The van der Waals surface area contributed by atoms with Crippen molar-refractivity contribution in [3.05, 3.63) is 0 Å². The van der Waals surface area contributed by atoms with E-state index in [1.165, 1.54) is 12.8 Å². The first kappa shape index (κ1) is 9.52. The molecule has 3 nitrogen and oxygen atoms in total. The minimum Gasteiger partial charge on any atom is -0.386 e. The van der Waals surface area contributed by atoms with E-state index in [-0.39, 0.29) is 6.04 Å². The fraction of sp³-hybridized carbons (Fsp3) is 0.889. The molecule has 0 aromatic carbocycles. The molecular formula is C9H19N3. The Kier molecular flexibility index (Phi) is 3.09. The molecule has 1 aliphatic carbocycles. The van der Waals surface area contributed by atoms with Crippen LogP contribution in [0.2, 0.25) is 0 Å². The highest BCUT2D eigenvalue weighted by Crippen LogP contribution is 2.29. The zero-order valence-electron chi connectivity index (χ0n) is 8.01. The second kappa shape index (κ2) is 3.90. The molecule has 0 aromatic rings. The molecule has 3 N–H and O–H groups in total. The summed E-state index contributed by atoms with van der Waals surface area (Å²) in [6.07, 6.45) is 3.66. The number of hydrogen-bond acceptors (Lipinski definition) is 2. The van der Waals surface area contributed by atoms with E-state index < -0.39 is 0 Å². The van der Waals surface area contributed by atoms with E-state index in [1.807, 2.05) is 0 Å². The van der Waals surface area contributed by atoms with Gasteiger partial charge in [0.25, 0.3) is 0 Å². The lowest BCUT2D eigenvalue weighted by atomic mass is 10.1. The first-order valence-corrected chi connectivity index (χ1v) is 4.69. The lowest BCUT2D eigenvalue weighted by molar-refractivity contribution is 0.277. The maximum absolute atomic E-state index is 7.38. The average Bonchev–Trinajstić information content (AvgIpc) is 2.71. The highest BCUT2D eigenvalue weighted by molar-refractivity contribution is 5.82. The molecule has 12 heavy (non-hydrogen) atoms. The van der Waals surface area contributed by atoms with Crippen LogP contribution < -0.4 is 5.73 Å². The Morgan fingerprint density at radius 1 is 1.67 bits per heavy atom. The molecule has 70 valence electrons. The normalized spacial score (nSPS) is 19.6. The van der Waals surface area contributed by atoms with Crippen molar-refractivity contribution in [3.8, 4) is 0 Å². The fourth-order valence-corrected chi connectivity index (χ4v) is 1.60. The standard InChI is InChI=1S/C9H19N3/c1-3-8(9(10)11)12(2)6-7-4-5-7/h7-8H,3-6H2,1-2H3,(H3,10,11). The molecule has 1 atom stereocenters. The molecule has 1 unspecified atom stereocenters. The van der Waals surface area contributed by atoms with E-state index in [1.54, 1.807) is 0 Å². The minimum absolute atomic E-state index is 0.158. The van der Waals surface area contributed by atoms with Gasteiger partial charge in [-0.3, -0.25) is 10.3 Å². The Labute approximate surface area is 74.4 Å². The predicted octanol–water partition coefficient (Wildman–Crippen LogP) is 1.04. The molecule has 0 radical (unpaired) electrons. The van der Waals surface area contributed by atoms with Gasteiger partial charge in [0.2, 0.25) is 0 Å². The van der Waals surface area contributed by atoms with E-state index in [9.17, 15) is 0 Å². The fourth-order valence-electron chi connectivity index (χ4n) is 1.60. The summed E-state index contributed by atoms with van der Waals surface area (Å²) in [4.78, 5) is 2.21. The summed E-state index contributed by atoms with van der Waals surface area (Å²) in [5.74, 6) is 1.18. The predicted molar refractivity (Wildman–Crippen MR) is 51.3 cm³/mol. The van der Waals surface area contributed by atoms with Gasteiger partial charge in [0.15, 0.2) is 0 Å². The summed E-state index contributed by atoms with van der Waals surface area (Å²) < 4.78 is 0. The number of nitrogens with zero attached hydrogens (tertiary/aromatic N) is 1. The van der Waals surface area contributed by atoms with Crippen molar-refractivity contribution in [2.75, 3.05) is 13.6 Å². The summed E-state index contributed by atoms with van der Waals surface area (Å²) >= 11 is 0. The molecular weight excluding hydrogens is 150 g/mol. The monoisotopic (exact) mass is 169 g/mol. The summed E-state index contributed by atoms with van der Waals surface area (Å²) in [5.41, 5.74) is 5.49. The Morgan fingerprint density at radius 3 is 2.58 bits per heavy atom. The van der Waals surface area contributed by atoms with Crippen LogP contribution >= 0.6 is 0 Å². The number of likely N-dealkylation sites (N-methyl/N-ethyl adjacent to an activating group) is 1. The molecule has 1 rings (SSSR count). The van der Waals surface area contributed by atoms with Crippen molar-refractivity contribution in [2.24, 2.45) is 11.7 Å². The molecule has 0 amide bonds. The van der Waals surface area contributed by atoms with Gasteiger partial charge in [0, 0.05) is 6.54 Å². The van der Waals surface area contributed by atoms with E-state index in [0.717, 1.165) is 18.9 Å². The highest BCUT2D eigenvalue weighted by Gasteiger charge is 2.26. The highest BCUT2D eigenvalue weighted by atomic mass is 15.2. The molecule has 0 bridgehead atoms. The second-order valence-electron chi connectivity index (χ2n) is 3.76. The zero-order valence-corrected chi connectivity index (χ0v) is 8.01. The van der Waals surface area contributed by atoms with Crippen molar-refractivity contribution in [2.45, 2.75) is 32.2 Å². The van der Waals surface area contributed by atoms with Crippen molar-refractivity contribution in [3.63, 3.8) is 0 Å². The molecule has 0 aliphatic heterocycles. The SMILES string of the molecule is CCC(C(=N)N)N(C)CC1CC1. The van der Waals surface area contributed by atoms with Gasteiger partial charge in [-0.15, -0.1) is 0 Å². The van der Waals surface area contributed by atoms with Gasteiger partial charge in [-0.2, -0.15) is 0 Å². The van der Waals surface area contributed by atoms with E-state index in [4.69, 9.17) is 11.1 Å². The van der Waals surface area contributed by atoms with Crippen molar-refractivity contribution in [1.29, 1.82) is 5.41 Å². The lowest BCUT2D eigenvalue weighted by Gasteiger charge is -2.25. The maximum Gasteiger partial charge on any atom is 0.108 e. The van der Waals surface area contributed by atoms with Crippen LogP contribution in [-0.4, -0.2) is 30.4 Å². The Balaban J connectivity index is 2.34. The van der Waals surface area contributed by atoms with E-state index in [2.05, 4.69) is 18.9 Å². The van der Waals surface area contributed by atoms with Gasteiger partial charge >= 0.3 is 0 Å². The molecule has 1 saturated carbocycles. The minimum atomic E-state index is 0.158. The van der Waals surface area contributed by atoms with Gasteiger partial charge in [-0.1, -0.05) is 6.92 Å². The first-order chi connectivity index (χ1) is 5.65. The third kappa shape index (κ3) is 2.48. The van der Waals surface area contributed by atoms with Crippen LogP contribution in [-0.2, 0) is 0 Å². The first-order valence-electron chi connectivity index (χ1n) is 4.69. The van der Waals surface area contributed by atoms with Gasteiger partial charge in [-0.25, -0.2) is 0 Å². The molecule has 1 aliphatic rings. The third-order valence-corrected chi connectivity index (χ3v) is 2.52. The molecule has 0 saturated heterocycles. The largest absolute Gasteiger partial charge is 0.386 e. The number of hydrogen-bond donors (Lipinski definition) is 2. The Morgan fingerprint density at radius 2 is 2.25 bits per heavy atom. The van der Waals surface area contributed by atoms with Crippen LogP contribution in [0.25, 0.3) is 0 Å². The van der Waals surface area contributed by atoms with Crippen molar-refractivity contribution in [1.82, 2.24) is 4.90 Å². The molecule has 3 heteroatoms. The van der Waals surface area contributed by atoms with Gasteiger partial charge in [0.05, 0.1) is 6.04 Å². The van der Waals surface area contributed by atoms with Crippen LogP contribution in [0.15, 0.2) is 0 Å². The Bertz CT molecular complexity index is 163. The zero-order chi connectivity index (χ0) is 9.14. The summed E-state index contributed by atoms with van der Waals surface area (Å²) in [6.45, 7) is 3.19. The summed E-state index contributed by atoms with van der Waals surface area (Å²) in [6, 6.07) is 0.158. The van der Waals surface area contributed by atoms with Crippen molar-refractivity contribution < 1.29 is 0 Å². The van der Waals surface area contributed by atoms with Crippen LogP contribution in [0.5, 0.6) is 0 Å². The quantitative estimate of drug-likeness (QED) is 0.477. The molecule has 1 fully saturated rings.